The van der Waals surface area contributed by atoms with Gasteiger partial charge in [-0.2, -0.15) is 0 Å². The van der Waals surface area contributed by atoms with Crippen LogP contribution in [-0.2, 0) is 17.6 Å². The van der Waals surface area contributed by atoms with Crippen LogP contribution < -0.4 is 11.1 Å². The molecule has 0 aliphatic heterocycles. The van der Waals surface area contributed by atoms with Crippen LogP contribution in [0.3, 0.4) is 0 Å². The number of rotatable bonds is 5. The Bertz CT molecular complexity index is 490. The number of anilines is 1. The SMILES string of the molecule is Nc1ccc(CC(=O)NCCc2cnc[nH]2)cc1. The number of H-pyrrole nitrogens is 1. The summed E-state index contributed by atoms with van der Waals surface area (Å²) in [5, 5.41) is 2.87. The Morgan fingerprint density at radius 2 is 2.11 bits per heavy atom. The quantitative estimate of drug-likeness (QED) is 0.683. The van der Waals surface area contributed by atoms with Gasteiger partial charge in [0.1, 0.15) is 0 Å². The molecular formula is C13H16N4O. The van der Waals surface area contributed by atoms with Gasteiger partial charge in [-0.15, -0.1) is 0 Å². The van der Waals surface area contributed by atoms with Crippen molar-refractivity contribution in [2.75, 3.05) is 12.3 Å². The first-order chi connectivity index (χ1) is 8.74. The lowest BCUT2D eigenvalue weighted by Crippen LogP contribution is -2.27. The van der Waals surface area contributed by atoms with Crippen LogP contribution in [-0.4, -0.2) is 22.4 Å². The number of nitrogens with two attached hydrogens (primary N) is 1. The summed E-state index contributed by atoms with van der Waals surface area (Å²) >= 11 is 0. The number of imidazole rings is 1. The lowest BCUT2D eigenvalue weighted by atomic mass is 10.1. The van der Waals surface area contributed by atoms with Crippen molar-refractivity contribution >= 4 is 11.6 Å². The highest BCUT2D eigenvalue weighted by molar-refractivity contribution is 5.78. The maximum atomic E-state index is 11.7. The number of carbonyl (C=O) groups excluding carboxylic acids is 1. The molecule has 18 heavy (non-hydrogen) atoms. The summed E-state index contributed by atoms with van der Waals surface area (Å²) in [6, 6.07) is 7.33. The molecule has 5 heteroatoms. The largest absolute Gasteiger partial charge is 0.399 e. The maximum absolute atomic E-state index is 11.7. The van der Waals surface area contributed by atoms with Crippen LogP contribution in [0.25, 0.3) is 0 Å². The number of amides is 1. The predicted molar refractivity (Wildman–Crippen MR) is 69.9 cm³/mol. The first-order valence-electron chi connectivity index (χ1n) is 5.82. The molecule has 0 atom stereocenters. The van der Waals surface area contributed by atoms with E-state index in [0.29, 0.717) is 18.7 Å². The zero-order valence-electron chi connectivity index (χ0n) is 10.0. The second-order valence-corrected chi connectivity index (χ2v) is 4.10. The van der Waals surface area contributed by atoms with Crippen molar-refractivity contribution in [3.8, 4) is 0 Å². The summed E-state index contributed by atoms with van der Waals surface area (Å²) in [7, 11) is 0. The van der Waals surface area contributed by atoms with E-state index < -0.39 is 0 Å². The minimum Gasteiger partial charge on any atom is -0.399 e. The molecule has 0 fully saturated rings. The monoisotopic (exact) mass is 244 g/mol. The molecule has 1 amide bonds. The van der Waals surface area contributed by atoms with E-state index in [1.807, 2.05) is 12.1 Å². The Morgan fingerprint density at radius 1 is 1.33 bits per heavy atom. The predicted octanol–water partition coefficient (Wildman–Crippen LogP) is 0.893. The van der Waals surface area contributed by atoms with Crippen LogP contribution in [0, 0.1) is 0 Å². The molecule has 0 saturated carbocycles. The molecule has 5 nitrogen and oxygen atoms in total. The lowest BCUT2D eigenvalue weighted by molar-refractivity contribution is -0.120. The van der Waals surface area contributed by atoms with E-state index >= 15 is 0 Å². The van der Waals surface area contributed by atoms with Gasteiger partial charge in [-0.1, -0.05) is 12.1 Å². The van der Waals surface area contributed by atoms with Crippen LogP contribution in [0.5, 0.6) is 0 Å². The van der Waals surface area contributed by atoms with Gasteiger partial charge < -0.3 is 16.0 Å². The molecule has 1 heterocycles. The van der Waals surface area contributed by atoms with Crippen LogP contribution in [0.2, 0.25) is 0 Å². The third-order valence-electron chi connectivity index (χ3n) is 2.62. The van der Waals surface area contributed by atoms with Gasteiger partial charge in [0.2, 0.25) is 5.91 Å². The second kappa shape index (κ2) is 5.86. The maximum Gasteiger partial charge on any atom is 0.224 e. The van der Waals surface area contributed by atoms with Crippen LogP contribution in [0.15, 0.2) is 36.8 Å². The average Bonchev–Trinajstić information content (AvgIpc) is 2.85. The average molecular weight is 244 g/mol. The van der Waals surface area contributed by atoms with E-state index in [2.05, 4.69) is 15.3 Å². The molecule has 0 saturated heterocycles. The highest BCUT2D eigenvalue weighted by Gasteiger charge is 2.03. The number of aromatic nitrogens is 2. The van der Waals surface area contributed by atoms with Crippen LogP contribution in [0.4, 0.5) is 5.69 Å². The minimum atomic E-state index is 0.0132. The lowest BCUT2D eigenvalue weighted by Gasteiger charge is -2.04. The molecule has 4 N–H and O–H groups in total. The molecule has 2 rings (SSSR count). The first-order valence-corrected chi connectivity index (χ1v) is 5.82. The zero-order chi connectivity index (χ0) is 12.8. The molecule has 0 spiro atoms. The van der Waals surface area contributed by atoms with Gasteiger partial charge in [0, 0.05) is 30.5 Å². The summed E-state index contributed by atoms with van der Waals surface area (Å²) in [4.78, 5) is 18.6. The Morgan fingerprint density at radius 3 is 2.78 bits per heavy atom. The van der Waals surface area contributed by atoms with Crippen LogP contribution in [0.1, 0.15) is 11.3 Å². The minimum absolute atomic E-state index is 0.0132. The molecule has 1 aromatic heterocycles. The summed E-state index contributed by atoms with van der Waals surface area (Å²) in [6.07, 6.45) is 4.52. The number of hydrogen-bond donors (Lipinski definition) is 3. The standard InChI is InChI=1S/C13H16N4O/c14-11-3-1-10(2-4-11)7-13(18)16-6-5-12-8-15-9-17-12/h1-4,8-9H,5-7,14H2,(H,15,17)(H,16,18). The Balaban J connectivity index is 1.73. The number of benzene rings is 1. The van der Waals surface area contributed by atoms with Crippen LogP contribution >= 0.6 is 0 Å². The van der Waals surface area contributed by atoms with Gasteiger partial charge in [0.05, 0.1) is 12.7 Å². The third kappa shape index (κ3) is 3.62. The van der Waals surface area contributed by atoms with Gasteiger partial charge >= 0.3 is 0 Å². The molecule has 0 aliphatic rings. The molecule has 0 radical (unpaired) electrons. The van der Waals surface area contributed by atoms with E-state index in [1.54, 1.807) is 24.7 Å². The van der Waals surface area contributed by atoms with Gasteiger partial charge in [0.25, 0.3) is 0 Å². The fourth-order valence-electron chi connectivity index (χ4n) is 1.64. The molecule has 94 valence electrons. The fraction of sp³-hybridized carbons (Fsp3) is 0.231. The van der Waals surface area contributed by atoms with Crippen molar-refractivity contribution in [2.45, 2.75) is 12.8 Å². The molecular weight excluding hydrogens is 228 g/mol. The molecule has 0 bridgehead atoms. The van der Waals surface area contributed by atoms with Crippen molar-refractivity contribution in [3.63, 3.8) is 0 Å². The second-order valence-electron chi connectivity index (χ2n) is 4.10. The fourth-order valence-corrected chi connectivity index (χ4v) is 1.64. The van der Waals surface area contributed by atoms with E-state index in [-0.39, 0.29) is 5.91 Å². The van der Waals surface area contributed by atoms with E-state index in [9.17, 15) is 4.79 Å². The number of carbonyl (C=O) groups is 1. The van der Waals surface area contributed by atoms with Gasteiger partial charge in [-0.3, -0.25) is 4.79 Å². The first kappa shape index (κ1) is 12.2. The molecule has 2 aromatic rings. The third-order valence-corrected chi connectivity index (χ3v) is 2.62. The number of nitrogen functional groups attached to an aromatic ring is 1. The van der Waals surface area contributed by atoms with Crippen molar-refractivity contribution in [1.29, 1.82) is 0 Å². The Hall–Kier alpha value is -2.30. The van der Waals surface area contributed by atoms with Gasteiger partial charge in [0.15, 0.2) is 0 Å². The molecule has 0 unspecified atom stereocenters. The van der Waals surface area contributed by atoms with Crippen molar-refractivity contribution in [2.24, 2.45) is 0 Å². The van der Waals surface area contributed by atoms with E-state index in [0.717, 1.165) is 17.7 Å². The van der Waals surface area contributed by atoms with E-state index in [4.69, 9.17) is 5.73 Å². The number of nitrogens with one attached hydrogen (secondary N) is 2. The summed E-state index contributed by atoms with van der Waals surface area (Å²) in [6.45, 7) is 0.607. The zero-order valence-corrected chi connectivity index (χ0v) is 10.0. The summed E-state index contributed by atoms with van der Waals surface area (Å²) < 4.78 is 0. The van der Waals surface area contributed by atoms with Gasteiger partial charge in [-0.25, -0.2) is 4.98 Å². The Kier molecular flexibility index (Phi) is 3.96. The Labute approximate surface area is 105 Å². The summed E-state index contributed by atoms with van der Waals surface area (Å²) in [5.74, 6) is 0.0132. The highest BCUT2D eigenvalue weighted by Crippen LogP contribution is 2.05. The molecule has 0 aliphatic carbocycles. The van der Waals surface area contributed by atoms with Crippen molar-refractivity contribution < 1.29 is 4.79 Å². The van der Waals surface area contributed by atoms with Gasteiger partial charge in [-0.05, 0) is 17.7 Å². The number of aromatic amines is 1. The summed E-state index contributed by atoms with van der Waals surface area (Å²) in [5.41, 5.74) is 8.27. The topological polar surface area (TPSA) is 83.8 Å². The smallest absolute Gasteiger partial charge is 0.224 e. The number of nitrogens with zero attached hydrogens (tertiary/aromatic N) is 1. The van der Waals surface area contributed by atoms with Crippen molar-refractivity contribution in [1.82, 2.24) is 15.3 Å². The highest BCUT2D eigenvalue weighted by atomic mass is 16.1. The van der Waals surface area contributed by atoms with E-state index in [1.165, 1.54) is 0 Å². The normalized spacial score (nSPS) is 10.2. The number of hydrogen-bond acceptors (Lipinski definition) is 3. The van der Waals surface area contributed by atoms with Crippen molar-refractivity contribution in [3.05, 3.63) is 48.0 Å². The molecule has 1 aromatic carbocycles.